The van der Waals surface area contributed by atoms with Gasteiger partial charge in [0.15, 0.2) is 5.96 Å². The van der Waals surface area contributed by atoms with Crippen LogP contribution in [0.5, 0.6) is 0 Å². The highest BCUT2D eigenvalue weighted by Gasteiger charge is 2.10. The first kappa shape index (κ1) is 23.1. The number of unbranched alkanes of at least 4 members (excludes halogenated alkanes) is 1. The van der Waals surface area contributed by atoms with Crippen molar-refractivity contribution in [1.82, 2.24) is 14.9 Å². The Morgan fingerprint density at radius 2 is 1.83 bits per heavy atom. The molecule has 0 unspecified atom stereocenters. The fourth-order valence-corrected chi connectivity index (χ4v) is 2.76. The van der Waals surface area contributed by atoms with Crippen LogP contribution >= 0.6 is 24.0 Å². The molecule has 24 heavy (non-hydrogen) atoms. The summed E-state index contributed by atoms with van der Waals surface area (Å²) >= 11 is 0. The average molecular weight is 468 g/mol. The van der Waals surface area contributed by atoms with Crippen molar-refractivity contribution in [3.05, 3.63) is 29.8 Å². The van der Waals surface area contributed by atoms with Gasteiger partial charge in [0.1, 0.15) is 0 Å². The Morgan fingerprint density at radius 1 is 1.21 bits per heavy atom. The second kappa shape index (κ2) is 11.6. The SMILES string of the molecule is CCCCN(C)C(=NCc1ccc(S(=O)(=O)NC)cc1)NCC.I. The molecule has 0 amide bonds. The van der Waals surface area contributed by atoms with E-state index < -0.39 is 10.0 Å². The van der Waals surface area contributed by atoms with E-state index in [9.17, 15) is 8.42 Å². The van der Waals surface area contributed by atoms with Gasteiger partial charge < -0.3 is 10.2 Å². The third-order valence-electron chi connectivity index (χ3n) is 3.46. The summed E-state index contributed by atoms with van der Waals surface area (Å²) in [5.41, 5.74) is 0.972. The van der Waals surface area contributed by atoms with Gasteiger partial charge in [-0.3, -0.25) is 0 Å². The number of hydrogen-bond donors (Lipinski definition) is 2. The molecule has 0 aliphatic carbocycles. The minimum atomic E-state index is -3.38. The molecule has 0 aromatic heterocycles. The van der Waals surface area contributed by atoms with Crippen LogP contribution in [-0.2, 0) is 16.6 Å². The zero-order chi connectivity index (χ0) is 17.3. The van der Waals surface area contributed by atoms with E-state index in [1.165, 1.54) is 7.05 Å². The molecule has 0 aliphatic rings. The highest BCUT2D eigenvalue weighted by molar-refractivity contribution is 14.0. The van der Waals surface area contributed by atoms with Crippen molar-refractivity contribution in [2.75, 3.05) is 27.2 Å². The molecule has 0 bridgehead atoms. The van der Waals surface area contributed by atoms with Crippen LogP contribution in [0.25, 0.3) is 0 Å². The standard InChI is InChI=1S/C16H28N4O2S.HI/c1-5-7-12-20(4)16(18-6-2)19-13-14-8-10-15(11-9-14)23(21,22)17-3;/h8-11,17H,5-7,12-13H2,1-4H3,(H,18,19);1H. The Hall–Kier alpha value is -0.870. The van der Waals surface area contributed by atoms with Gasteiger partial charge in [0.2, 0.25) is 10.0 Å². The number of nitrogens with zero attached hydrogens (tertiary/aromatic N) is 2. The van der Waals surface area contributed by atoms with Crippen LogP contribution in [-0.4, -0.2) is 46.5 Å². The number of nitrogens with one attached hydrogen (secondary N) is 2. The molecule has 1 aromatic rings. The van der Waals surface area contributed by atoms with Crippen molar-refractivity contribution in [3.63, 3.8) is 0 Å². The van der Waals surface area contributed by atoms with Crippen molar-refractivity contribution in [2.45, 2.75) is 38.1 Å². The summed E-state index contributed by atoms with van der Waals surface area (Å²) in [5, 5.41) is 3.28. The average Bonchev–Trinajstić information content (AvgIpc) is 2.56. The Kier molecular flexibility index (Phi) is 11.2. The lowest BCUT2D eigenvalue weighted by atomic mass is 10.2. The predicted octanol–water partition coefficient (Wildman–Crippen LogP) is 2.41. The second-order valence-corrected chi connectivity index (χ2v) is 7.18. The van der Waals surface area contributed by atoms with Gasteiger partial charge in [0.05, 0.1) is 11.4 Å². The van der Waals surface area contributed by atoms with E-state index in [4.69, 9.17) is 0 Å². The number of halogens is 1. The summed E-state index contributed by atoms with van der Waals surface area (Å²) in [7, 11) is 0.0477. The summed E-state index contributed by atoms with van der Waals surface area (Å²) in [5.74, 6) is 0.868. The minimum Gasteiger partial charge on any atom is -0.357 e. The van der Waals surface area contributed by atoms with E-state index in [1.807, 2.05) is 14.0 Å². The van der Waals surface area contributed by atoms with E-state index >= 15 is 0 Å². The molecule has 1 aromatic carbocycles. The molecular formula is C16H29IN4O2S. The quantitative estimate of drug-likeness (QED) is 0.349. The lowest BCUT2D eigenvalue weighted by Gasteiger charge is -2.21. The van der Waals surface area contributed by atoms with Gasteiger partial charge in [-0.1, -0.05) is 25.5 Å². The molecule has 0 spiro atoms. The van der Waals surface area contributed by atoms with Crippen molar-refractivity contribution in [2.24, 2.45) is 4.99 Å². The summed E-state index contributed by atoms with van der Waals surface area (Å²) in [6.45, 7) is 6.49. The number of rotatable bonds is 8. The maximum absolute atomic E-state index is 11.7. The molecular weight excluding hydrogens is 439 g/mol. The highest BCUT2D eigenvalue weighted by atomic mass is 127. The highest BCUT2D eigenvalue weighted by Crippen LogP contribution is 2.11. The molecule has 1 rings (SSSR count). The summed E-state index contributed by atoms with van der Waals surface area (Å²) < 4.78 is 25.7. The van der Waals surface area contributed by atoms with Crippen LogP contribution < -0.4 is 10.0 Å². The van der Waals surface area contributed by atoms with Crippen LogP contribution in [0.1, 0.15) is 32.3 Å². The van der Waals surface area contributed by atoms with Crippen LogP contribution in [0.3, 0.4) is 0 Å². The molecule has 0 heterocycles. The topological polar surface area (TPSA) is 73.8 Å². The van der Waals surface area contributed by atoms with E-state index in [-0.39, 0.29) is 28.9 Å². The molecule has 8 heteroatoms. The molecule has 0 radical (unpaired) electrons. The molecule has 138 valence electrons. The van der Waals surface area contributed by atoms with Gasteiger partial charge in [-0.25, -0.2) is 18.1 Å². The van der Waals surface area contributed by atoms with Crippen molar-refractivity contribution >= 4 is 40.0 Å². The normalized spacial score (nSPS) is 11.8. The van der Waals surface area contributed by atoms with Crippen LogP contribution in [0.15, 0.2) is 34.2 Å². The van der Waals surface area contributed by atoms with Gasteiger partial charge in [-0.15, -0.1) is 24.0 Å². The Labute approximate surface area is 163 Å². The molecule has 0 atom stereocenters. The second-order valence-electron chi connectivity index (χ2n) is 5.30. The Balaban J connectivity index is 0.00000529. The van der Waals surface area contributed by atoms with Crippen LogP contribution in [0.4, 0.5) is 0 Å². The fourth-order valence-electron chi connectivity index (χ4n) is 2.03. The first-order valence-electron chi connectivity index (χ1n) is 7.96. The smallest absolute Gasteiger partial charge is 0.240 e. The zero-order valence-electron chi connectivity index (χ0n) is 14.9. The Bertz CT molecular complexity index is 603. The van der Waals surface area contributed by atoms with Crippen molar-refractivity contribution in [1.29, 1.82) is 0 Å². The minimum absolute atomic E-state index is 0. The summed E-state index contributed by atoms with van der Waals surface area (Å²) in [6.07, 6.45) is 2.27. The molecule has 2 N–H and O–H groups in total. The first-order chi connectivity index (χ1) is 10.9. The van der Waals surface area contributed by atoms with Gasteiger partial charge in [-0.05, 0) is 38.1 Å². The van der Waals surface area contributed by atoms with Crippen molar-refractivity contribution < 1.29 is 8.42 Å². The van der Waals surface area contributed by atoms with E-state index in [0.29, 0.717) is 6.54 Å². The van der Waals surface area contributed by atoms with Crippen molar-refractivity contribution in [3.8, 4) is 0 Å². The van der Waals surface area contributed by atoms with Gasteiger partial charge in [0, 0.05) is 20.1 Å². The summed E-state index contributed by atoms with van der Waals surface area (Å²) in [6, 6.07) is 6.79. The molecule has 0 saturated carbocycles. The molecule has 6 nitrogen and oxygen atoms in total. The van der Waals surface area contributed by atoms with Crippen LogP contribution in [0, 0.1) is 0 Å². The van der Waals surface area contributed by atoms with Gasteiger partial charge >= 0.3 is 0 Å². The zero-order valence-corrected chi connectivity index (χ0v) is 18.0. The maximum atomic E-state index is 11.7. The predicted molar refractivity (Wildman–Crippen MR) is 110 cm³/mol. The third kappa shape index (κ3) is 7.35. The fraction of sp³-hybridized carbons (Fsp3) is 0.562. The number of benzene rings is 1. The number of guanidine groups is 1. The number of aliphatic imine (C=N–C) groups is 1. The lowest BCUT2D eigenvalue weighted by molar-refractivity contribution is 0.465. The van der Waals surface area contributed by atoms with E-state index in [1.54, 1.807) is 24.3 Å². The summed E-state index contributed by atoms with van der Waals surface area (Å²) in [4.78, 5) is 7.00. The number of hydrogen-bond acceptors (Lipinski definition) is 3. The van der Waals surface area contributed by atoms with Gasteiger partial charge in [0.25, 0.3) is 0 Å². The van der Waals surface area contributed by atoms with E-state index in [0.717, 1.165) is 37.5 Å². The van der Waals surface area contributed by atoms with E-state index in [2.05, 4.69) is 26.9 Å². The maximum Gasteiger partial charge on any atom is 0.240 e. The monoisotopic (exact) mass is 468 g/mol. The number of sulfonamides is 1. The first-order valence-corrected chi connectivity index (χ1v) is 9.44. The molecule has 0 aliphatic heterocycles. The van der Waals surface area contributed by atoms with Gasteiger partial charge in [-0.2, -0.15) is 0 Å². The van der Waals surface area contributed by atoms with Crippen LogP contribution in [0.2, 0.25) is 0 Å². The largest absolute Gasteiger partial charge is 0.357 e. The third-order valence-corrected chi connectivity index (χ3v) is 4.89. The molecule has 0 saturated heterocycles. The molecule has 0 fully saturated rings. The lowest BCUT2D eigenvalue weighted by Crippen LogP contribution is -2.39. The Morgan fingerprint density at radius 3 is 2.33 bits per heavy atom.